The van der Waals surface area contributed by atoms with Gasteiger partial charge in [0.15, 0.2) is 6.29 Å². The summed E-state index contributed by atoms with van der Waals surface area (Å²) in [4.78, 5) is 11.3. The molecule has 0 atom stereocenters. The van der Waals surface area contributed by atoms with Gasteiger partial charge in [0.05, 0.1) is 18.4 Å². The summed E-state index contributed by atoms with van der Waals surface area (Å²) in [6.45, 7) is 0. The molecule has 0 amide bonds. The molecule has 1 N–H and O–H groups in total. The van der Waals surface area contributed by atoms with Crippen molar-refractivity contribution in [2.45, 2.75) is 0 Å². The summed E-state index contributed by atoms with van der Waals surface area (Å²) in [5, 5.41) is 14.0. The Kier molecular flexibility index (Phi) is 3.62. The van der Waals surface area contributed by atoms with Gasteiger partial charge in [0, 0.05) is 11.8 Å². The summed E-state index contributed by atoms with van der Waals surface area (Å²) in [5.74, 6) is 0.882. The van der Waals surface area contributed by atoms with Crippen molar-refractivity contribution in [2.24, 2.45) is 0 Å². The zero-order valence-corrected chi connectivity index (χ0v) is 11.9. The molecule has 2 aromatic carbocycles. The molecule has 0 aliphatic heterocycles. The monoisotopic (exact) mass is 294 g/mol. The minimum Gasteiger partial charge on any atom is -0.508 e. The third-order valence-electron chi connectivity index (χ3n) is 3.33. The van der Waals surface area contributed by atoms with E-state index in [2.05, 4.69) is 5.10 Å². The molecule has 5 nitrogen and oxygen atoms in total. The van der Waals surface area contributed by atoms with Crippen molar-refractivity contribution < 1.29 is 14.6 Å². The van der Waals surface area contributed by atoms with E-state index in [1.54, 1.807) is 42.3 Å². The molecular weight excluding hydrogens is 280 g/mol. The molecule has 3 rings (SSSR count). The Bertz CT molecular complexity index is 807. The Balaban J connectivity index is 2.06. The predicted molar refractivity (Wildman–Crippen MR) is 82.6 cm³/mol. The molecule has 0 radical (unpaired) electrons. The summed E-state index contributed by atoms with van der Waals surface area (Å²) in [7, 11) is 1.60. The van der Waals surface area contributed by atoms with Crippen LogP contribution in [0.5, 0.6) is 11.5 Å². The van der Waals surface area contributed by atoms with Crippen LogP contribution in [0.1, 0.15) is 10.4 Å². The van der Waals surface area contributed by atoms with E-state index >= 15 is 0 Å². The molecule has 0 aliphatic rings. The Labute approximate surface area is 127 Å². The van der Waals surface area contributed by atoms with Crippen molar-refractivity contribution in [3.8, 4) is 28.4 Å². The van der Waals surface area contributed by atoms with E-state index in [0.717, 1.165) is 17.7 Å². The number of phenols is 1. The molecule has 3 aromatic rings. The molecule has 22 heavy (non-hydrogen) atoms. The molecule has 0 aliphatic carbocycles. The van der Waals surface area contributed by atoms with Crippen LogP contribution in [0.25, 0.3) is 16.9 Å². The van der Waals surface area contributed by atoms with Gasteiger partial charge in [-0.2, -0.15) is 5.10 Å². The first-order valence-corrected chi connectivity index (χ1v) is 6.70. The van der Waals surface area contributed by atoms with Gasteiger partial charge >= 0.3 is 0 Å². The zero-order valence-electron chi connectivity index (χ0n) is 11.9. The smallest absolute Gasteiger partial charge is 0.153 e. The lowest BCUT2D eigenvalue weighted by molar-refractivity contribution is 0.112. The maximum atomic E-state index is 11.3. The third-order valence-corrected chi connectivity index (χ3v) is 3.33. The van der Waals surface area contributed by atoms with E-state index in [4.69, 9.17) is 4.74 Å². The van der Waals surface area contributed by atoms with Gasteiger partial charge in [-0.1, -0.05) is 12.1 Å². The first-order chi connectivity index (χ1) is 10.7. The zero-order chi connectivity index (χ0) is 15.5. The standard InChI is InChI=1S/C17H14N2O3/c1-22-16-7-5-14(6-8-16)19-10-13(11-20)17(18-19)12-3-2-4-15(21)9-12/h2-11,21H,1H3. The van der Waals surface area contributed by atoms with Gasteiger partial charge in [-0.05, 0) is 36.4 Å². The number of carbonyl (C=O) groups excluding carboxylic acids is 1. The number of aldehydes is 1. The number of phenolic OH excluding ortho intramolecular Hbond substituents is 1. The molecule has 0 spiro atoms. The second-order valence-electron chi connectivity index (χ2n) is 4.74. The van der Waals surface area contributed by atoms with Gasteiger partial charge < -0.3 is 9.84 Å². The van der Waals surface area contributed by atoms with Gasteiger partial charge in [-0.15, -0.1) is 0 Å². The summed E-state index contributed by atoms with van der Waals surface area (Å²) in [6, 6.07) is 14.0. The molecule has 1 heterocycles. The van der Waals surface area contributed by atoms with Crippen LogP contribution in [0, 0.1) is 0 Å². The highest BCUT2D eigenvalue weighted by Crippen LogP contribution is 2.25. The average Bonchev–Trinajstić information content (AvgIpc) is 2.99. The fourth-order valence-electron chi connectivity index (χ4n) is 2.22. The highest BCUT2D eigenvalue weighted by Gasteiger charge is 2.12. The van der Waals surface area contributed by atoms with E-state index in [-0.39, 0.29) is 5.75 Å². The maximum absolute atomic E-state index is 11.3. The van der Waals surface area contributed by atoms with Gasteiger partial charge in [0.2, 0.25) is 0 Å². The number of aromatic nitrogens is 2. The minimum absolute atomic E-state index is 0.133. The summed E-state index contributed by atoms with van der Waals surface area (Å²) in [6.07, 6.45) is 2.42. The highest BCUT2D eigenvalue weighted by atomic mass is 16.5. The number of benzene rings is 2. The fourth-order valence-corrected chi connectivity index (χ4v) is 2.22. The third kappa shape index (κ3) is 2.56. The minimum atomic E-state index is 0.133. The Hall–Kier alpha value is -3.08. The van der Waals surface area contributed by atoms with Crippen LogP contribution in [0.3, 0.4) is 0 Å². The van der Waals surface area contributed by atoms with E-state index in [1.165, 1.54) is 0 Å². The second kappa shape index (κ2) is 5.73. The molecule has 5 heteroatoms. The fraction of sp³-hybridized carbons (Fsp3) is 0.0588. The normalized spacial score (nSPS) is 10.4. The van der Waals surface area contributed by atoms with Gasteiger partial charge in [-0.25, -0.2) is 4.68 Å². The summed E-state index contributed by atoms with van der Waals surface area (Å²) >= 11 is 0. The number of hydrogen-bond donors (Lipinski definition) is 1. The average molecular weight is 294 g/mol. The van der Waals surface area contributed by atoms with Gasteiger partial charge in [-0.3, -0.25) is 4.79 Å². The van der Waals surface area contributed by atoms with Crippen LogP contribution in [0.15, 0.2) is 54.7 Å². The van der Waals surface area contributed by atoms with Crippen molar-refractivity contribution in [1.29, 1.82) is 0 Å². The van der Waals surface area contributed by atoms with Crippen LogP contribution >= 0.6 is 0 Å². The van der Waals surface area contributed by atoms with E-state index in [9.17, 15) is 9.90 Å². The van der Waals surface area contributed by atoms with E-state index in [0.29, 0.717) is 16.8 Å². The van der Waals surface area contributed by atoms with Crippen molar-refractivity contribution in [1.82, 2.24) is 9.78 Å². The van der Waals surface area contributed by atoms with Crippen molar-refractivity contribution >= 4 is 6.29 Å². The lowest BCUT2D eigenvalue weighted by atomic mass is 10.1. The maximum Gasteiger partial charge on any atom is 0.153 e. The van der Waals surface area contributed by atoms with E-state index < -0.39 is 0 Å². The first kappa shape index (κ1) is 13.9. The first-order valence-electron chi connectivity index (χ1n) is 6.70. The van der Waals surface area contributed by atoms with Crippen LogP contribution in [-0.4, -0.2) is 28.3 Å². The van der Waals surface area contributed by atoms with E-state index in [1.807, 2.05) is 24.3 Å². The van der Waals surface area contributed by atoms with Crippen molar-refractivity contribution in [2.75, 3.05) is 7.11 Å². The van der Waals surface area contributed by atoms with Gasteiger partial charge in [0.1, 0.15) is 17.2 Å². The predicted octanol–water partition coefficient (Wildman–Crippen LogP) is 3.07. The Morgan fingerprint density at radius 3 is 2.59 bits per heavy atom. The number of nitrogens with zero attached hydrogens (tertiary/aromatic N) is 2. The Morgan fingerprint density at radius 1 is 1.18 bits per heavy atom. The van der Waals surface area contributed by atoms with Crippen molar-refractivity contribution in [3.63, 3.8) is 0 Å². The number of methoxy groups -OCH3 is 1. The molecule has 0 fully saturated rings. The van der Waals surface area contributed by atoms with Crippen LogP contribution in [0.2, 0.25) is 0 Å². The SMILES string of the molecule is COc1ccc(-n2cc(C=O)c(-c3cccc(O)c3)n2)cc1. The quantitative estimate of drug-likeness (QED) is 0.751. The molecule has 0 saturated carbocycles. The molecule has 0 unspecified atom stereocenters. The van der Waals surface area contributed by atoms with Crippen LogP contribution in [-0.2, 0) is 0 Å². The van der Waals surface area contributed by atoms with Gasteiger partial charge in [0.25, 0.3) is 0 Å². The molecule has 0 bridgehead atoms. The molecule has 1 aromatic heterocycles. The number of carbonyl (C=O) groups is 1. The Morgan fingerprint density at radius 2 is 1.95 bits per heavy atom. The van der Waals surface area contributed by atoms with Crippen molar-refractivity contribution in [3.05, 3.63) is 60.3 Å². The lowest BCUT2D eigenvalue weighted by Crippen LogP contribution is -1.95. The number of rotatable bonds is 4. The summed E-state index contributed by atoms with van der Waals surface area (Å²) < 4.78 is 6.75. The number of hydrogen-bond acceptors (Lipinski definition) is 4. The molecule has 0 saturated heterocycles. The number of ether oxygens (including phenoxy) is 1. The van der Waals surface area contributed by atoms with Crippen LogP contribution in [0.4, 0.5) is 0 Å². The lowest BCUT2D eigenvalue weighted by Gasteiger charge is -2.03. The number of aromatic hydroxyl groups is 1. The van der Waals surface area contributed by atoms with Crippen LogP contribution < -0.4 is 4.74 Å². The largest absolute Gasteiger partial charge is 0.508 e. The highest BCUT2D eigenvalue weighted by molar-refractivity contribution is 5.85. The molecule has 110 valence electrons. The molecular formula is C17H14N2O3. The summed E-state index contributed by atoms with van der Waals surface area (Å²) in [5.41, 5.74) is 2.49. The second-order valence-corrected chi connectivity index (χ2v) is 4.74. The topological polar surface area (TPSA) is 64.3 Å².